The Balaban J connectivity index is 2.65. The summed E-state index contributed by atoms with van der Waals surface area (Å²) >= 11 is 0. The molecule has 12 heavy (non-hydrogen) atoms. The molecule has 1 saturated heterocycles. The molecular weight excluding hydrogens is 166 g/mol. The Kier molecular flexibility index (Phi) is 2.63. The number of ether oxygens (including phenoxy) is 1. The van der Waals surface area contributed by atoms with Crippen molar-refractivity contribution in [2.75, 3.05) is 6.61 Å². The number of amides is 1. The summed E-state index contributed by atoms with van der Waals surface area (Å²) in [5, 5.41) is 27.2. The quantitative estimate of drug-likeness (QED) is 0.340. The normalized spacial score (nSPS) is 42.6. The first-order valence-electron chi connectivity index (χ1n) is 3.49. The first-order valence-corrected chi connectivity index (χ1v) is 3.49. The van der Waals surface area contributed by atoms with Crippen molar-refractivity contribution >= 4 is 5.91 Å². The Bertz CT molecular complexity index is 185. The lowest BCUT2D eigenvalue weighted by Crippen LogP contribution is -2.57. The van der Waals surface area contributed by atoms with Gasteiger partial charge in [-0.2, -0.15) is 0 Å². The van der Waals surface area contributed by atoms with E-state index in [0.29, 0.717) is 0 Å². The number of rotatable bonds is 1. The summed E-state index contributed by atoms with van der Waals surface area (Å²) in [6.45, 7) is -0.203. The maximum Gasteiger partial charge on any atom is 0.249 e. The second-order valence-electron chi connectivity index (χ2n) is 2.70. The molecule has 1 aliphatic heterocycles. The third kappa shape index (κ3) is 1.56. The van der Waals surface area contributed by atoms with Crippen LogP contribution in [0, 0.1) is 0 Å². The van der Waals surface area contributed by atoms with Gasteiger partial charge >= 0.3 is 0 Å². The second-order valence-corrected chi connectivity index (χ2v) is 2.70. The van der Waals surface area contributed by atoms with E-state index < -0.39 is 30.3 Å². The minimum Gasteiger partial charge on any atom is -0.388 e. The highest BCUT2D eigenvalue weighted by atomic mass is 16.5. The third-order valence-corrected chi connectivity index (χ3v) is 1.78. The first kappa shape index (κ1) is 9.40. The number of aliphatic hydroxyl groups excluding tert-OH is 3. The minimum absolute atomic E-state index is 0.203. The largest absolute Gasteiger partial charge is 0.388 e. The number of nitrogens with two attached hydrogens (primary N) is 1. The van der Waals surface area contributed by atoms with E-state index in [-0.39, 0.29) is 6.61 Å². The number of hydrogen-bond acceptors (Lipinski definition) is 5. The SMILES string of the molecule is NC(=O)[C@@H]1OC[C@@H](O)[C@H](O)[C@@H]1O. The van der Waals surface area contributed by atoms with Gasteiger partial charge < -0.3 is 25.8 Å². The zero-order valence-electron chi connectivity index (χ0n) is 6.25. The van der Waals surface area contributed by atoms with Crippen LogP contribution in [0.5, 0.6) is 0 Å². The Hall–Kier alpha value is -0.690. The van der Waals surface area contributed by atoms with Crippen molar-refractivity contribution in [1.29, 1.82) is 0 Å². The molecule has 5 N–H and O–H groups in total. The van der Waals surface area contributed by atoms with E-state index in [4.69, 9.17) is 25.8 Å². The minimum atomic E-state index is -1.45. The number of carbonyl (C=O) groups is 1. The molecule has 6 heteroatoms. The van der Waals surface area contributed by atoms with Gasteiger partial charge in [0.2, 0.25) is 5.91 Å². The molecule has 0 spiro atoms. The van der Waals surface area contributed by atoms with E-state index in [1.165, 1.54) is 0 Å². The van der Waals surface area contributed by atoms with Crippen LogP contribution in [0.1, 0.15) is 0 Å². The van der Waals surface area contributed by atoms with E-state index in [1.54, 1.807) is 0 Å². The molecule has 1 heterocycles. The zero-order chi connectivity index (χ0) is 9.30. The Morgan fingerprint density at radius 2 is 1.92 bits per heavy atom. The van der Waals surface area contributed by atoms with Crippen molar-refractivity contribution in [2.24, 2.45) is 5.73 Å². The monoisotopic (exact) mass is 177 g/mol. The van der Waals surface area contributed by atoms with Crippen molar-refractivity contribution in [3.05, 3.63) is 0 Å². The van der Waals surface area contributed by atoms with Crippen LogP contribution in [0.15, 0.2) is 0 Å². The van der Waals surface area contributed by atoms with Crippen LogP contribution in [-0.2, 0) is 9.53 Å². The molecule has 0 aromatic carbocycles. The molecule has 6 nitrogen and oxygen atoms in total. The first-order chi connectivity index (χ1) is 5.54. The fourth-order valence-electron chi connectivity index (χ4n) is 1.06. The molecule has 70 valence electrons. The summed E-state index contributed by atoms with van der Waals surface area (Å²) in [5.74, 6) is -0.853. The van der Waals surface area contributed by atoms with Gasteiger partial charge in [0.25, 0.3) is 0 Å². The average molecular weight is 177 g/mol. The Labute approximate surface area is 68.6 Å². The van der Waals surface area contributed by atoms with E-state index in [9.17, 15) is 4.79 Å². The maximum atomic E-state index is 10.6. The van der Waals surface area contributed by atoms with Crippen molar-refractivity contribution < 1.29 is 24.9 Å². The summed E-state index contributed by atoms with van der Waals surface area (Å²) in [7, 11) is 0. The van der Waals surface area contributed by atoms with Crippen molar-refractivity contribution in [1.82, 2.24) is 0 Å². The predicted octanol–water partition coefficient (Wildman–Crippen LogP) is -3.05. The maximum absolute atomic E-state index is 10.6. The summed E-state index contributed by atoms with van der Waals surface area (Å²) in [4.78, 5) is 10.6. The predicted molar refractivity (Wildman–Crippen MR) is 37.0 cm³/mol. The second kappa shape index (κ2) is 3.36. The van der Waals surface area contributed by atoms with E-state index >= 15 is 0 Å². The molecule has 1 fully saturated rings. The summed E-state index contributed by atoms with van der Waals surface area (Å²) in [5.41, 5.74) is 4.85. The molecule has 4 atom stereocenters. The average Bonchev–Trinajstić information content (AvgIpc) is 2.00. The molecule has 1 aliphatic rings. The molecule has 0 bridgehead atoms. The third-order valence-electron chi connectivity index (χ3n) is 1.78. The standard InChI is InChI=1S/C6H11NO5/c7-6(11)5-4(10)3(9)2(8)1-12-5/h2-5,8-10H,1H2,(H2,7,11)/t2-,3+,4+,5-/m1/s1. The number of aliphatic hydroxyl groups is 3. The topological polar surface area (TPSA) is 113 Å². The van der Waals surface area contributed by atoms with Gasteiger partial charge in [0.15, 0.2) is 6.10 Å². The highest BCUT2D eigenvalue weighted by Crippen LogP contribution is 2.14. The van der Waals surface area contributed by atoms with Gasteiger partial charge in [-0.15, -0.1) is 0 Å². The van der Waals surface area contributed by atoms with Crippen LogP contribution in [0.2, 0.25) is 0 Å². The Morgan fingerprint density at radius 3 is 2.42 bits per heavy atom. The van der Waals surface area contributed by atoms with Crippen LogP contribution in [0.3, 0.4) is 0 Å². The molecule has 0 aromatic rings. The molecular formula is C6H11NO5. The van der Waals surface area contributed by atoms with E-state index in [2.05, 4.69) is 0 Å². The summed E-state index contributed by atoms with van der Waals surface area (Å²) in [6, 6.07) is 0. The van der Waals surface area contributed by atoms with Gasteiger partial charge in [-0.25, -0.2) is 0 Å². The van der Waals surface area contributed by atoms with E-state index in [1.807, 2.05) is 0 Å². The van der Waals surface area contributed by atoms with Gasteiger partial charge in [-0.05, 0) is 0 Å². The molecule has 0 saturated carbocycles. The Morgan fingerprint density at radius 1 is 1.33 bits per heavy atom. The van der Waals surface area contributed by atoms with Crippen LogP contribution < -0.4 is 5.73 Å². The van der Waals surface area contributed by atoms with Crippen molar-refractivity contribution in [3.8, 4) is 0 Å². The molecule has 0 unspecified atom stereocenters. The lowest BCUT2D eigenvalue weighted by atomic mass is 10.00. The highest BCUT2D eigenvalue weighted by molar-refractivity contribution is 5.79. The lowest BCUT2D eigenvalue weighted by molar-refractivity contribution is -0.190. The smallest absolute Gasteiger partial charge is 0.249 e. The molecule has 1 rings (SSSR count). The van der Waals surface area contributed by atoms with Crippen molar-refractivity contribution in [3.63, 3.8) is 0 Å². The molecule has 0 radical (unpaired) electrons. The van der Waals surface area contributed by atoms with Gasteiger partial charge in [-0.3, -0.25) is 4.79 Å². The number of carbonyl (C=O) groups excluding carboxylic acids is 1. The van der Waals surface area contributed by atoms with E-state index in [0.717, 1.165) is 0 Å². The van der Waals surface area contributed by atoms with Gasteiger partial charge in [0.1, 0.15) is 18.3 Å². The number of primary amides is 1. The number of hydrogen-bond donors (Lipinski definition) is 4. The van der Waals surface area contributed by atoms with Gasteiger partial charge in [0.05, 0.1) is 6.61 Å². The molecule has 1 amide bonds. The summed E-state index contributed by atoms with van der Waals surface area (Å²) < 4.78 is 4.70. The van der Waals surface area contributed by atoms with Crippen LogP contribution >= 0.6 is 0 Å². The molecule has 0 aromatic heterocycles. The zero-order valence-corrected chi connectivity index (χ0v) is 6.25. The molecule has 0 aliphatic carbocycles. The van der Waals surface area contributed by atoms with Crippen LogP contribution in [-0.4, -0.2) is 52.2 Å². The van der Waals surface area contributed by atoms with Crippen LogP contribution in [0.4, 0.5) is 0 Å². The van der Waals surface area contributed by atoms with Crippen molar-refractivity contribution in [2.45, 2.75) is 24.4 Å². The highest BCUT2D eigenvalue weighted by Gasteiger charge is 2.40. The fraction of sp³-hybridized carbons (Fsp3) is 0.833. The summed E-state index contributed by atoms with van der Waals surface area (Å²) in [6.07, 6.45) is -5.23. The van der Waals surface area contributed by atoms with Crippen LogP contribution in [0.25, 0.3) is 0 Å². The lowest BCUT2D eigenvalue weighted by Gasteiger charge is -2.33. The van der Waals surface area contributed by atoms with Gasteiger partial charge in [-0.1, -0.05) is 0 Å². The van der Waals surface area contributed by atoms with Gasteiger partial charge in [0, 0.05) is 0 Å². The fourth-order valence-corrected chi connectivity index (χ4v) is 1.06.